The number of rotatable bonds is 8. The molecule has 1 amide bonds. The second-order valence-corrected chi connectivity index (χ2v) is 7.19. The van der Waals surface area contributed by atoms with Crippen LogP contribution in [0.2, 0.25) is 0 Å². The number of carbonyl (C=O) groups is 1. The van der Waals surface area contributed by atoms with E-state index in [-0.39, 0.29) is 18.1 Å². The Hall–Kier alpha value is -2.89. The van der Waals surface area contributed by atoms with Crippen molar-refractivity contribution in [2.75, 3.05) is 21.3 Å². The molecule has 0 saturated heterocycles. The van der Waals surface area contributed by atoms with Gasteiger partial charge in [-0.1, -0.05) is 0 Å². The highest BCUT2D eigenvalue weighted by molar-refractivity contribution is 5.95. The summed E-state index contributed by atoms with van der Waals surface area (Å²) in [5.41, 5.74) is 1.38. The van der Waals surface area contributed by atoms with Gasteiger partial charge in [0.25, 0.3) is 5.91 Å². The molecule has 156 valence electrons. The summed E-state index contributed by atoms with van der Waals surface area (Å²) in [6.45, 7) is 1.91. The molecule has 0 bridgehead atoms. The van der Waals surface area contributed by atoms with Crippen molar-refractivity contribution in [3.8, 4) is 23.0 Å². The van der Waals surface area contributed by atoms with Gasteiger partial charge in [-0.05, 0) is 62.9 Å². The molecule has 1 saturated carbocycles. The minimum atomic E-state index is -0.247. The largest absolute Gasteiger partial charge is 0.497 e. The smallest absolute Gasteiger partial charge is 0.251 e. The molecule has 1 aliphatic rings. The number of nitrogens with one attached hydrogen (secondary N) is 1. The van der Waals surface area contributed by atoms with Crippen LogP contribution in [-0.4, -0.2) is 33.3 Å². The lowest BCUT2D eigenvalue weighted by Gasteiger charge is -2.19. The minimum Gasteiger partial charge on any atom is -0.497 e. The molecular weight excluding hydrogens is 370 g/mol. The Kier molecular flexibility index (Phi) is 6.86. The molecular formula is C23H29NO5. The molecule has 6 nitrogen and oxygen atoms in total. The highest BCUT2D eigenvalue weighted by atomic mass is 16.5. The fourth-order valence-electron chi connectivity index (χ4n) is 3.63. The predicted octanol–water partition coefficient (Wildman–Crippen LogP) is 4.52. The number of hydrogen-bond acceptors (Lipinski definition) is 5. The first-order valence-corrected chi connectivity index (χ1v) is 9.93. The molecule has 0 aromatic heterocycles. The van der Waals surface area contributed by atoms with E-state index in [2.05, 4.69) is 5.32 Å². The van der Waals surface area contributed by atoms with Gasteiger partial charge in [0, 0.05) is 17.2 Å². The van der Waals surface area contributed by atoms with Gasteiger partial charge in [0.2, 0.25) is 0 Å². The van der Waals surface area contributed by atoms with E-state index in [4.69, 9.17) is 18.9 Å². The highest BCUT2D eigenvalue weighted by Gasteiger charge is 2.20. The zero-order valence-corrected chi connectivity index (χ0v) is 17.5. The van der Waals surface area contributed by atoms with E-state index in [1.54, 1.807) is 39.5 Å². The fourth-order valence-corrected chi connectivity index (χ4v) is 3.63. The van der Waals surface area contributed by atoms with Gasteiger partial charge in [-0.25, -0.2) is 0 Å². The van der Waals surface area contributed by atoms with Crippen LogP contribution in [0.5, 0.6) is 23.0 Å². The third kappa shape index (κ3) is 4.94. The lowest BCUT2D eigenvalue weighted by atomic mass is 10.1. The van der Waals surface area contributed by atoms with Crippen LogP contribution in [-0.2, 0) is 0 Å². The number of carbonyl (C=O) groups excluding carboxylic acids is 1. The maximum Gasteiger partial charge on any atom is 0.251 e. The van der Waals surface area contributed by atoms with Crippen molar-refractivity contribution >= 4 is 5.91 Å². The molecule has 2 aromatic rings. The molecule has 2 aromatic carbocycles. The lowest BCUT2D eigenvalue weighted by molar-refractivity contribution is 0.0939. The van der Waals surface area contributed by atoms with Gasteiger partial charge in [0.1, 0.15) is 11.5 Å². The van der Waals surface area contributed by atoms with E-state index in [1.807, 2.05) is 25.1 Å². The van der Waals surface area contributed by atoms with Crippen LogP contribution in [0.3, 0.4) is 0 Å². The molecule has 1 atom stereocenters. The maximum absolute atomic E-state index is 12.8. The molecule has 0 spiro atoms. The summed E-state index contributed by atoms with van der Waals surface area (Å²) in [6, 6.07) is 10.6. The van der Waals surface area contributed by atoms with Crippen molar-refractivity contribution in [1.29, 1.82) is 0 Å². The average molecular weight is 399 g/mol. The van der Waals surface area contributed by atoms with Gasteiger partial charge in [-0.2, -0.15) is 0 Å². The van der Waals surface area contributed by atoms with Gasteiger partial charge in [-0.3, -0.25) is 4.79 Å². The number of amides is 1. The van der Waals surface area contributed by atoms with Crippen LogP contribution in [0.4, 0.5) is 0 Å². The molecule has 0 radical (unpaired) electrons. The summed E-state index contributed by atoms with van der Waals surface area (Å²) in [7, 11) is 4.79. The normalized spacial score (nSPS) is 14.9. The number of ether oxygens (including phenoxy) is 4. The number of methoxy groups -OCH3 is 3. The van der Waals surface area contributed by atoms with E-state index in [9.17, 15) is 4.79 Å². The first kappa shape index (κ1) is 20.8. The maximum atomic E-state index is 12.8. The molecule has 1 unspecified atom stereocenters. The van der Waals surface area contributed by atoms with E-state index < -0.39 is 0 Å². The van der Waals surface area contributed by atoms with Crippen LogP contribution < -0.4 is 24.3 Å². The molecule has 29 heavy (non-hydrogen) atoms. The highest BCUT2D eigenvalue weighted by Crippen LogP contribution is 2.33. The molecule has 6 heteroatoms. The van der Waals surface area contributed by atoms with E-state index in [1.165, 1.54) is 12.8 Å². The van der Waals surface area contributed by atoms with Crippen molar-refractivity contribution in [3.63, 3.8) is 0 Å². The Balaban J connectivity index is 1.73. The summed E-state index contributed by atoms with van der Waals surface area (Å²) >= 11 is 0. The van der Waals surface area contributed by atoms with Crippen molar-refractivity contribution in [2.45, 2.75) is 44.8 Å². The van der Waals surface area contributed by atoms with E-state index in [0.29, 0.717) is 28.6 Å². The van der Waals surface area contributed by atoms with Gasteiger partial charge in [0.05, 0.1) is 33.5 Å². The van der Waals surface area contributed by atoms with Crippen molar-refractivity contribution in [1.82, 2.24) is 5.32 Å². The van der Waals surface area contributed by atoms with Crippen LogP contribution in [0, 0.1) is 0 Å². The van der Waals surface area contributed by atoms with Crippen LogP contribution >= 0.6 is 0 Å². The van der Waals surface area contributed by atoms with Gasteiger partial charge in [0.15, 0.2) is 11.5 Å². The minimum absolute atomic E-state index is 0.193. The summed E-state index contributed by atoms with van der Waals surface area (Å²) in [4.78, 5) is 12.8. The fraction of sp³-hybridized carbons (Fsp3) is 0.435. The van der Waals surface area contributed by atoms with Crippen molar-refractivity contribution in [2.24, 2.45) is 0 Å². The Morgan fingerprint density at radius 1 is 0.931 bits per heavy atom. The third-order valence-corrected chi connectivity index (χ3v) is 5.28. The van der Waals surface area contributed by atoms with Crippen molar-refractivity contribution in [3.05, 3.63) is 47.5 Å². The second-order valence-electron chi connectivity index (χ2n) is 7.19. The summed E-state index contributed by atoms with van der Waals surface area (Å²) in [6.07, 6.45) is 4.74. The quantitative estimate of drug-likeness (QED) is 0.707. The van der Waals surface area contributed by atoms with Gasteiger partial charge in [-0.15, -0.1) is 0 Å². The standard InChI is InChI=1S/C23H29NO5/c1-15(19-11-10-18(26-2)14-21(19)27-3)24-23(25)16-9-12-20(22(13-16)28-4)29-17-7-5-6-8-17/h9-15,17H,5-8H2,1-4H3,(H,24,25). The van der Waals surface area contributed by atoms with E-state index in [0.717, 1.165) is 18.4 Å². The van der Waals surface area contributed by atoms with Gasteiger partial charge >= 0.3 is 0 Å². The Bertz CT molecular complexity index is 845. The molecule has 1 N–H and O–H groups in total. The van der Waals surface area contributed by atoms with Crippen LogP contribution in [0.15, 0.2) is 36.4 Å². The molecule has 1 fully saturated rings. The Morgan fingerprint density at radius 2 is 1.66 bits per heavy atom. The predicted molar refractivity (Wildman–Crippen MR) is 111 cm³/mol. The SMILES string of the molecule is COc1ccc(C(C)NC(=O)c2ccc(OC3CCCC3)c(OC)c2)c(OC)c1. The molecule has 0 aliphatic heterocycles. The Morgan fingerprint density at radius 3 is 2.31 bits per heavy atom. The van der Waals surface area contributed by atoms with Gasteiger partial charge < -0.3 is 24.3 Å². The Labute approximate surface area is 172 Å². The first-order valence-electron chi connectivity index (χ1n) is 9.93. The zero-order chi connectivity index (χ0) is 20.8. The average Bonchev–Trinajstić information content (AvgIpc) is 3.26. The zero-order valence-electron chi connectivity index (χ0n) is 17.5. The lowest BCUT2D eigenvalue weighted by Crippen LogP contribution is -2.27. The molecule has 1 aliphatic carbocycles. The van der Waals surface area contributed by atoms with Crippen molar-refractivity contribution < 1.29 is 23.7 Å². The number of benzene rings is 2. The third-order valence-electron chi connectivity index (χ3n) is 5.28. The van der Waals surface area contributed by atoms with Crippen LogP contribution in [0.25, 0.3) is 0 Å². The van der Waals surface area contributed by atoms with Crippen LogP contribution in [0.1, 0.15) is 54.6 Å². The molecule has 3 rings (SSSR count). The monoisotopic (exact) mass is 399 g/mol. The second kappa shape index (κ2) is 9.54. The number of hydrogen-bond donors (Lipinski definition) is 1. The topological polar surface area (TPSA) is 66.0 Å². The first-order chi connectivity index (χ1) is 14.0. The molecule has 0 heterocycles. The summed E-state index contributed by atoms with van der Waals surface area (Å²) < 4.78 is 22.2. The summed E-state index contributed by atoms with van der Waals surface area (Å²) in [5.74, 6) is 2.42. The summed E-state index contributed by atoms with van der Waals surface area (Å²) in [5, 5.41) is 3.01. The van der Waals surface area contributed by atoms with E-state index >= 15 is 0 Å².